The Morgan fingerprint density at radius 1 is 1.60 bits per heavy atom. The van der Waals surface area contributed by atoms with Crippen molar-refractivity contribution in [3.05, 3.63) is 11.1 Å². The third-order valence-corrected chi connectivity index (χ3v) is 2.23. The molecule has 2 heteroatoms. The Bertz CT molecular complexity index is 178. The Morgan fingerprint density at radius 2 is 2.40 bits per heavy atom. The predicted molar refractivity (Wildman–Crippen MR) is 41.5 cm³/mol. The van der Waals surface area contributed by atoms with Crippen molar-refractivity contribution in [3.8, 4) is 6.07 Å². The van der Waals surface area contributed by atoms with Gasteiger partial charge in [-0.1, -0.05) is 18.0 Å². The summed E-state index contributed by atoms with van der Waals surface area (Å²) in [5.41, 5.74) is 2.70. The molecule has 0 aromatic heterocycles. The highest BCUT2D eigenvalue weighted by molar-refractivity contribution is 6.25. The molecule has 0 aromatic rings. The minimum atomic E-state index is 0.103. The Labute approximate surface area is 66.3 Å². The van der Waals surface area contributed by atoms with Gasteiger partial charge in [-0.25, -0.2) is 0 Å². The third-order valence-electron chi connectivity index (χ3n) is 1.95. The molecule has 0 aromatic carbocycles. The van der Waals surface area contributed by atoms with Crippen LogP contribution in [0.3, 0.4) is 0 Å². The van der Waals surface area contributed by atoms with E-state index < -0.39 is 0 Å². The molecule has 0 aliphatic heterocycles. The first-order valence-corrected chi connectivity index (χ1v) is 4.01. The maximum absolute atomic E-state index is 8.64. The van der Waals surface area contributed by atoms with Crippen LogP contribution in [-0.2, 0) is 0 Å². The number of hydrogen-bond donors (Lipinski definition) is 0. The molecule has 1 aliphatic carbocycles. The SMILES string of the molecule is N#CC1CCCC/C1=C/Cl. The molecule has 0 heterocycles. The van der Waals surface area contributed by atoms with Gasteiger partial charge in [0.15, 0.2) is 0 Å². The van der Waals surface area contributed by atoms with Gasteiger partial charge < -0.3 is 0 Å². The average molecular weight is 156 g/mol. The van der Waals surface area contributed by atoms with Gasteiger partial charge in [0.2, 0.25) is 0 Å². The van der Waals surface area contributed by atoms with Gasteiger partial charge in [-0.3, -0.25) is 0 Å². The molecule has 1 nitrogen and oxygen atoms in total. The quantitative estimate of drug-likeness (QED) is 0.528. The molecule has 1 fully saturated rings. The lowest BCUT2D eigenvalue weighted by Crippen LogP contribution is -2.06. The van der Waals surface area contributed by atoms with Gasteiger partial charge in [-0.05, 0) is 24.8 Å². The second-order valence-electron chi connectivity index (χ2n) is 2.61. The van der Waals surface area contributed by atoms with Crippen LogP contribution in [-0.4, -0.2) is 0 Å². The Hall–Kier alpha value is -0.480. The van der Waals surface area contributed by atoms with Gasteiger partial charge in [0, 0.05) is 5.54 Å². The fourth-order valence-corrected chi connectivity index (χ4v) is 1.58. The zero-order chi connectivity index (χ0) is 7.40. The van der Waals surface area contributed by atoms with E-state index in [0.29, 0.717) is 0 Å². The van der Waals surface area contributed by atoms with Crippen LogP contribution in [0.25, 0.3) is 0 Å². The molecule has 1 atom stereocenters. The molecule has 1 saturated carbocycles. The van der Waals surface area contributed by atoms with Gasteiger partial charge in [-0.15, -0.1) is 0 Å². The number of nitriles is 1. The Morgan fingerprint density at radius 3 is 2.90 bits per heavy atom. The summed E-state index contributed by atoms with van der Waals surface area (Å²) >= 11 is 5.54. The van der Waals surface area contributed by atoms with Gasteiger partial charge in [0.05, 0.1) is 12.0 Å². The molecule has 54 valence electrons. The summed E-state index contributed by atoms with van der Waals surface area (Å²) < 4.78 is 0. The maximum atomic E-state index is 8.64. The van der Waals surface area contributed by atoms with Crippen molar-refractivity contribution in [3.63, 3.8) is 0 Å². The molecule has 0 N–H and O–H groups in total. The maximum Gasteiger partial charge on any atom is 0.0700 e. The standard InChI is InChI=1S/C8H10ClN/c9-5-7-3-1-2-4-8(7)6-10/h5,8H,1-4H2/b7-5-. The second kappa shape index (κ2) is 3.63. The molecule has 0 saturated heterocycles. The molecule has 0 bridgehead atoms. The summed E-state index contributed by atoms with van der Waals surface area (Å²) in [7, 11) is 0. The lowest BCUT2D eigenvalue weighted by molar-refractivity contribution is 0.528. The predicted octanol–water partition coefficient (Wildman–Crippen LogP) is 2.82. The van der Waals surface area contributed by atoms with Gasteiger partial charge in [-0.2, -0.15) is 5.26 Å². The highest BCUT2D eigenvalue weighted by atomic mass is 35.5. The number of allylic oxidation sites excluding steroid dienone is 1. The van der Waals surface area contributed by atoms with Crippen molar-refractivity contribution < 1.29 is 0 Å². The van der Waals surface area contributed by atoms with Gasteiger partial charge in [0.1, 0.15) is 0 Å². The molecular weight excluding hydrogens is 146 g/mol. The van der Waals surface area contributed by atoms with E-state index in [9.17, 15) is 0 Å². The number of nitrogens with zero attached hydrogens (tertiary/aromatic N) is 1. The van der Waals surface area contributed by atoms with Crippen LogP contribution >= 0.6 is 11.6 Å². The first-order chi connectivity index (χ1) is 4.88. The third kappa shape index (κ3) is 1.52. The van der Waals surface area contributed by atoms with Crippen molar-refractivity contribution in [1.82, 2.24) is 0 Å². The van der Waals surface area contributed by atoms with Gasteiger partial charge >= 0.3 is 0 Å². The lowest BCUT2D eigenvalue weighted by atomic mass is 9.86. The van der Waals surface area contributed by atoms with Crippen molar-refractivity contribution >= 4 is 11.6 Å². The summed E-state index contributed by atoms with van der Waals surface area (Å²) in [6.07, 6.45) is 4.37. The first-order valence-electron chi connectivity index (χ1n) is 3.57. The second-order valence-corrected chi connectivity index (χ2v) is 2.83. The fourth-order valence-electron chi connectivity index (χ4n) is 1.32. The summed E-state index contributed by atoms with van der Waals surface area (Å²) in [4.78, 5) is 0. The summed E-state index contributed by atoms with van der Waals surface area (Å²) in [6.45, 7) is 0. The number of rotatable bonds is 0. The van der Waals surface area contributed by atoms with Crippen LogP contribution in [0.4, 0.5) is 0 Å². The summed E-state index contributed by atoms with van der Waals surface area (Å²) in [6, 6.07) is 2.25. The topological polar surface area (TPSA) is 23.8 Å². The van der Waals surface area contributed by atoms with E-state index in [1.54, 1.807) is 5.54 Å². The van der Waals surface area contributed by atoms with Crippen molar-refractivity contribution in [2.24, 2.45) is 5.92 Å². The minimum Gasteiger partial charge on any atom is -0.198 e. The van der Waals surface area contributed by atoms with Crippen molar-refractivity contribution in [1.29, 1.82) is 5.26 Å². The summed E-state index contributed by atoms with van der Waals surface area (Å²) in [5.74, 6) is 0.103. The zero-order valence-corrected chi connectivity index (χ0v) is 6.56. The first kappa shape index (κ1) is 7.63. The van der Waals surface area contributed by atoms with Crippen LogP contribution < -0.4 is 0 Å². The van der Waals surface area contributed by atoms with E-state index in [4.69, 9.17) is 16.9 Å². The van der Waals surface area contributed by atoms with Crippen LogP contribution in [0.2, 0.25) is 0 Å². The monoisotopic (exact) mass is 155 g/mol. The normalized spacial score (nSPS) is 30.0. The van der Waals surface area contributed by atoms with E-state index in [1.165, 1.54) is 12.8 Å². The molecule has 1 aliphatic rings. The summed E-state index contributed by atoms with van der Waals surface area (Å²) in [5, 5.41) is 8.64. The minimum absolute atomic E-state index is 0.103. The highest BCUT2D eigenvalue weighted by Crippen LogP contribution is 2.28. The largest absolute Gasteiger partial charge is 0.198 e. The molecule has 10 heavy (non-hydrogen) atoms. The van der Waals surface area contributed by atoms with Gasteiger partial charge in [0.25, 0.3) is 0 Å². The Kier molecular flexibility index (Phi) is 2.77. The highest BCUT2D eigenvalue weighted by Gasteiger charge is 2.17. The molecule has 0 amide bonds. The van der Waals surface area contributed by atoms with E-state index in [-0.39, 0.29) is 5.92 Å². The molecule has 0 radical (unpaired) electrons. The molecule has 1 unspecified atom stereocenters. The van der Waals surface area contributed by atoms with E-state index in [1.807, 2.05) is 0 Å². The van der Waals surface area contributed by atoms with Crippen LogP contribution in [0, 0.1) is 17.2 Å². The molecule has 1 rings (SSSR count). The smallest absolute Gasteiger partial charge is 0.0700 e. The molecule has 0 spiro atoms. The van der Waals surface area contributed by atoms with Crippen molar-refractivity contribution in [2.75, 3.05) is 0 Å². The fraction of sp³-hybridized carbons (Fsp3) is 0.625. The van der Waals surface area contributed by atoms with E-state index in [0.717, 1.165) is 18.4 Å². The van der Waals surface area contributed by atoms with Crippen molar-refractivity contribution in [2.45, 2.75) is 25.7 Å². The zero-order valence-electron chi connectivity index (χ0n) is 5.81. The average Bonchev–Trinajstić information content (AvgIpc) is 2.04. The van der Waals surface area contributed by atoms with Crippen LogP contribution in [0.5, 0.6) is 0 Å². The lowest BCUT2D eigenvalue weighted by Gasteiger charge is -2.17. The van der Waals surface area contributed by atoms with E-state index in [2.05, 4.69) is 6.07 Å². The number of hydrogen-bond acceptors (Lipinski definition) is 1. The number of halogens is 1. The Balaban J connectivity index is 2.62. The van der Waals surface area contributed by atoms with Crippen LogP contribution in [0.15, 0.2) is 11.1 Å². The van der Waals surface area contributed by atoms with E-state index >= 15 is 0 Å². The molecular formula is C8H10ClN. The van der Waals surface area contributed by atoms with Crippen LogP contribution in [0.1, 0.15) is 25.7 Å².